The molecule has 1 heterocycles. The highest BCUT2D eigenvalue weighted by Gasteiger charge is 2.19. The minimum atomic E-state index is -0.119. The molecule has 1 aliphatic rings. The Balaban J connectivity index is 1.49. The molecule has 2 aromatic carbocycles. The van der Waals surface area contributed by atoms with E-state index in [1.807, 2.05) is 18.2 Å². The van der Waals surface area contributed by atoms with E-state index in [-0.39, 0.29) is 5.82 Å². The summed E-state index contributed by atoms with van der Waals surface area (Å²) in [5.41, 5.74) is 2.05. The van der Waals surface area contributed by atoms with Gasteiger partial charge in [0.15, 0.2) is 0 Å². The molecular formula is C18H21FN2. The molecule has 1 fully saturated rings. The normalized spacial score (nSPS) is 16.1. The third kappa shape index (κ3) is 3.61. The van der Waals surface area contributed by atoms with Gasteiger partial charge in [-0.25, -0.2) is 4.39 Å². The lowest BCUT2D eigenvalue weighted by atomic mass is 10.0. The molecule has 3 rings (SSSR count). The van der Waals surface area contributed by atoms with E-state index in [0.29, 0.717) is 12.6 Å². The second kappa shape index (κ2) is 6.72. The number of nitrogens with one attached hydrogen (secondary N) is 1. The minimum absolute atomic E-state index is 0.119. The number of piperidine rings is 1. The van der Waals surface area contributed by atoms with Crippen molar-refractivity contribution >= 4 is 5.69 Å². The Labute approximate surface area is 125 Å². The van der Waals surface area contributed by atoms with E-state index in [4.69, 9.17) is 0 Å². The molecule has 0 amide bonds. The van der Waals surface area contributed by atoms with Gasteiger partial charge in [0, 0.05) is 36.9 Å². The lowest BCUT2D eigenvalue weighted by Gasteiger charge is -2.34. The number of halogens is 1. The number of rotatable bonds is 4. The molecule has 2 nitrogen and oxygen atoms in total. The first kappa shape index (κ1) is 14.1. The summed E-state index contributed by atoms with van der Waals surface area (Å²) in [6, 6.07) is 18.0. The van der Waals surface area contributed by atoms with Crippen LogP contribution in [0.2, 0.25) is 0 Å². The molecule has 1 saturated heterocycles. The Morgan fingerprint density at radius 2 is 1.62 bits per heavy atom. The number of para-hydroxylation sites is 1. The molecule has 110 valence electrons. The average molecular weight is 284 g/mol. The molecule has 0 spiro atoms. The van der Waals surface area contributed by atoms with E-state index in [9.17, 15) is 4.39 Å². The van der Waals surface area contributed by atoms with Crippen LogP contribution in [0.5, 0.6) is 0 Å². The molecule has 2 aromatic rings. The third-order valence-corrected chi connectivity index (χ3v) is 4.16. The highest BCUT2D eigenvalue weighted by Crippen LogP contribution is 2.19. The molecule has 0 radical (unpaired) electrons. The lowest BCUT2D eigenvalue weighted by Crippen LogP contribution is -2.42. The summed E-state index contributed by atoms with van der Waals surface area (Å²) in [6.45, 7) is 2.72. The largest absolute Gasteiger partial charge is 0.371 e. The first-order valence-corrected chi connectivity index (χ1v) is 7.60. The van der Waals surface area contributed by atoms with Crippen molar-refractivity contribution in [3.8, 4) is 0 Å². The average Bonchev–Trinajstić information content (AvgIpc) is 2.55. The van der Waals surface area contributed by atoms with E-state index >= 15 is 0 Å². The standard InChI is InChI=1S/C18H21FN2/c19-18-9-5-4-6-15(18)14-20-16-10-12-21(13-11-16)17-7-2-1-3-8-17/h1-9,16,20H,10-14H2. The van der Waals surface area contributed by atoms with E-state index in [2.05, 4.69) is 34.5 Å². The quantitative estimate of drug-likeness (QED) is 0.923. The number of anilines is 1. The van der Waals surface area contributed by atoms with Gasteiger partial charge < -0.3 is 10.2 Å². The number of nitrogens with zero attached hydrogens (tertiary/aromatic N) is 1. The van der Waals surface area contributed by atoms with Crippen molar-refractivity contribution in [3.63, 3.8) is 0 Å². The summed E-state index contributed by atoms with van der Waals surface area (Å²) in [7, 11) is 0. The zero-order chi connectivity index (χ0) is 14.5. The molecule has 0 saturated carbocycles. The monoisotopic (exact) mass is 284 g/mol. The van der Waals surface area contributed by atoms with Gasteiger partial charge in [0.25, 0.3) is 0 Å². The van der Waals surface area contributed by atoms with E-state index in [1.165, 1.54) is 11.8 Å². The Hall–Kier alpha value is -1.87. The van der Waals surface area contributed by atoms with Gasteiger partial charge in [-0.3, -0.25) is 0 Å². The van der Waals surface area contributed by atoms with Gasteiger partial charge in [-0.15, -0.1) is 0 Å². The Morgan fingerprint density at radius 1 is 0.952 bits per heavy atom. The molecule has 21 heavy (non-hydrogen) atoms. The maximum absolute atomic E-state index is 13.6. The van der Waals surface area contributed by atoms with Crippen LogP contribution in [-0.4, -0.2) is 19.1 Å². The zero-order valence-electron chi connectivity index (χ0n) is 12.1. The summed E-state index contributed by atoms with van der Waals surface area (Å²) in [5.74, 6) is -0.119. The summed E-state index contributed by atoms with van der Waals surface area (Å²) in [6.07, 6.45) is 2.20. The van der Waals surface area contributed by atoms with Gasteiger partial charge in [-0.05, 0) is 31.0 Å². The van der Waals surface area contributed by atoms with Crippen molar-refractivity contribution in [2.75, 3.05) is 18.0 Å². The van der Waals surface area contributed by atoms with Crippen molar-refractivity contribution in [1.29, 1.82) is 0 Å². The highest BCUT2D eigenvalue weighted by atomic mass is 19.1. The molecule has 0 atom stereocenters. The zero-order valence-corrected chi connectivity index (χ0v) is 12.1. The smallest absolute Gasteiger partial charge is 0.127 e. The molecule has 3 heteroatoms. The molecule has 1 aliphatic heterocycles. The van der Waals surface area contributed by atoms with Crippen LogP contribution in [0.25, 0.3) is 0 Å². The van der Waals surface area contributed by atoms with Gasteiger partial charge in [0.1, 0.15) is 5.82 Å². The van der Waals surface area contributed by atoms with Crippen LogP contribution in [-0.2, 0) is 6.54 Å². The van der Waals surface area contributed by atoms with Crippen LogP contribution in [0.15, 0.2) is 54.6 Å². The predicted molar refractivity (Wildman–Crippen MR) is 84.9 cm³/mol. The summed E-state index contributed by atoms with van der Waals surface area (Å²) < 4.78 is 13.6. The fraction of sp³-hybridized carbons (Fsp3) is 0.333. The summed E-state index contributed by atoms with van der Waals surface area (Å²) in [4.78, 5) is 2.42. The second-order valence-electron chi connectivity index (χ2n) is 5.57. The van der Waals surface area contributed by atoms with Gasteiger partial charge in [0.2, 0.25) is 0 Å². The van der Waals surface area contributed by atoms with E-state index in [0.717, 1.165) is 31.5 Å². The van der Waals surface area contributed by atoms with Crippen molar-refractivity contribution < 1.29 is 4.39 Å². The molecule has 1 N–H and O–H groups in total. The Bertz CT molecular complexity index is 562. The van der Waals surface area contributed by atoms with Crippen LogP contribution in [0.4, 0.5) is 10.1 Å². The van der Waals surface area contributed by atoms with Crippen LogP contribution >= 0.6 is 0 Å². The molecule has 0 aliphatic carbocycles. The second-order valence-corrected chi connectivity index (χ2v) is 5.57. The maximum atomic E-state index is 13.6. The summed E-state index contributed by atoms with van der Waals surface area (Å²) in [5, 5.41) is 3.48. The molecule has 0 unspecified atom stereocenters. The summed E-state index contributed by atoms with van der Waals surface area (Å²) >= 11 is 0. The molecular weight excluding hydrogens is 263 g/mol. The van der Waals surface area contributed by atoms with Gasteiger partial charge in [-0.1, -0.05) is 36.4 Å². The number of benzene rings is 2. The molecule has 0 bridgehead atoms. The van der Waals surface area contributed by atoms with Crippen LogP contribution in [0.3, 0.4) is 0 Å². The van der Waals surface area contributed by atoms with Crippen LogP contribution < -0.4 is 10.2 Å². The molecule has 0 aromatic heterocycles. The fourth-order valence-electron chi connectivity index (χ4n) is 2.88. The Morgan fingerprint density at radius 3 is 2.33 bits per heavy atom. The van der Waals surface area contributed by atoms with E-state index in [1.54, 1.807) is 6.07 Å². The van der Waals surface area contributed by atoms with Gasteiger partial charge in [0.05, 0.1) is 0 Å². The van der Waals surface area contributed by atoms with Crippen molar-refractivity contribution in [2.45, 2.75) is 25.4 Å². The van der Waals surface area contributed by atoms with Crippen LogP contribution in [0.1, 0.15) is 18.4 Å². The van der Waals surface area contributed by atoms with Gasteiger partial charge in [-0.2, -0.15) is 0 Å². The van der Waals surface area contributed by atoms with Crippen molar-refractivity contribution in [3.05, 3.63) is 66.0 Å². The van der Waals surface area contributed by atoms with Crippen LogP contribution in [0, 0.1) is 5.82 Å². The fourth-order valence-corrected chi connectivity index (χ4v) is 2.88. The first-order valence-electron chi connectivity index (χ1n) is 7.60. The number of hydrogen-bond acceptors (Lipinski definition) is 2. The van der Waals surface area contributed by atoms with Crippen molar-refractivity contribution in [2.24, 2.45) is 0 Å². The topological polar surface area (TPSA) is 15.3 Å². The predicted octanol–water partition coefficient (Wildman–Crippen LogP) is 3.58. The van der Waals surface area contributed by atoms with E-state index < -0.39 is 0 Å². The Kier molecular flexibility index (Phi) is 4.51. The highest BCUT2D eigenvalue weighted by molar-refractivity contribution is 5.46. The first-order chi connectivity index (χ1) is 10.3. The SMILES string of the molecule is Fc1ccccc1CNC1CCN(c2ccccc2)CC1. The maximum Gasteiger partial charge on any atom is 0.127 e. The minimum Gasteiger partial charge on any atom is -0.371 e. The lowest BCUT2D eigenvalue weighted by molar-refractivity contribution is 0.410. The van der Waals surface area contributed by atoms with Crippen molar-refractivity contribution in [1.82, 2.24) is 5.32 Å². The van der Waals surface area contributed by atoms with Gasteiger partial charge >= 0.3 is 0 Å². The number of hydrogen-bond donors (Lipinski definition) is 1. The third-order valence-electron chi connectivity index (χ3n) is 4.16.